The Morgan fingerprint density at radius 1 is 0.892 bits per heavy atom. The molecule has 0 amide bonds. The van der Waals surface area contributed by atoms with Gasteiger partial charge in [0, 0.05) is 23.0 Å². The Kier molecular flexibility index (Phi) is 4.85. The van der Waals surface area contributed by atoms with E-state index in [4.69, 9.17) is 0 Å². The number of rotatable bonds is 2. The third-order valence-corrected chi connectivity index (χ3v) is 8.39. The zero-order chi connectivity index (χ0) is 25.1. The van der Waals surface area contributed by atoms with Crippen LogP contribution in [0.15, 0.2) is 114 Å². The average Bonchev–Trinajstić information content (AvgIpc) is 3.46. The van der Waals surface area contributed by atoms with Crippen molar-refractivity contribution in [1.29, 1.82) is 10.5 Å². The summed E-state index contributed by atoms with van der Waals surface area (Å²) in [6.07, 6.45) is 20.1. The van der Waals surface area contributed by atoms with Gasteiger partial charge in [-0.15, -0.1) is 0 Å². The van der Waals surface area contributed by atoms with Gasteiger partial charge in [-0.3, -0.25) is 0 Å². The Bertz CT molecular complexity index is 1600. The molecule has 2 aliphatic heterocycles. The van der Waals surface area contributed by atoms with E-state index >= 15 is 0 Å². The van der Waals surface area contributed by atoms with Gasteiger partial charge in [0.1, 0.15) is 6.07 Å². The molecule has 4 nitrogen and oxygen atoms in total. The second-order valence-electron chi connectivity index (χ2n) is 10.3. The summed E-state index contributed by atoms with van der Waals surface area (Å²) in [6.45, 7) is 2.33. The van der Waals surface area contributed by atoms with Gasteiger partial charge in [0.25, 0.3) is 0 Å². The van der Waals surface area contributed by atoms with Gasteiger partial charge < -0.3 is 9.80 Å². The molecular formula is C33H26N4. The number of nitrogens with zero attached hydrogens (tertiary/aromatic N) is 4. The van der Waals surface area contributed by atoms with E-state index in [9.17, 15) is 10.5 Å². The summed E-state index contributed by atoms with van der Waals surface area (Å²) in [4.78, 5) is 4.91. The maximum absolute atomic E-state index is 10.0. The average molecular weight is 479 g/mol. The van der Waals surface area contributed by atoms with Crippen molar-refractivity contribution in [3.8, 4) is 12.1 Å². The lowest BCUT2D eigenvalue weighted by Crippen LogP contribution is -2.43. The number of anilines is 2. The molecule has 5 aliphatic rings. The summed E-state index contributed by atoms with van der Waals surface area (Å²) in [5, 5.41) is 19.7. The number of para-hydroxylation sites is 1. The summed E-state index contributed by atoms with van der Waals surface area (Å²) in [6, 6.07) is 18.8. The topological polar surface area (TPSA) is 54.1 Å². The number of nitriles is 2. The molecule has 3 aliphatic carbocycles. The van der Waals surface area contributed by atoms with Crippen molar-refractivity contribution in [2.24, 2.45) is 5.92 Å². The molecule has 178 valence electrons. The molecule has 2 aromatic rings. The van der Waals surface area contributed by atoms with Crippen molar-refractivity contribution in [3.63, 3.8) is 0 Å². The Balaban J connectivity index is 1.44. The monoisotopic (exact) mass is 478 g/mol. The standard InChI is InChI=1S/C33H26N4/c1-21-8-6-14-30-32(21)25-10-3-5-13-28(25)36(30)31-15-7-11-24-26-18-22(19-34)16-17-29(26)37(33(24)31)27-12-4-2-9-23(27)20-35/h2-7,9-12,14-18,21,24,28,33H,8,13H2,1H3. The first-order valence-electron chi connectivity index (χ1n) is 13.0. The predicted molar refractivity (Wildman–Crippen MR) is 146 cm³/mol. The molecule has 4 unspecified atom stereocenters. The molecule has 2 aromatic carbocycles. The van der Waals surface area contributed by atoms with Gasteiger partial charge in [-0.25, -0.2) is 0 Å². The fraction of sp³-hybridized carbons (Fsp3) is 0.212. The summed E-state index contributed by atoms with van der Waals surface area (Å²) in [5.41, 5.74) is 9.88. The molecule has 0 bridgehead atoms. The highest BCUT2D eigenvalue weighted by atomic mass is 15.3. The molecule has 0 radical (unpaired) electrons. The van der Waals surface area contributed by atoms with Crippen molar-refractivity contribution in [2.45, 2.75) is 37.8 Å². The number of hydrogen-bond acceptors (Lipinski definition) is 4. The van der Waals surface area contributed by atoms with Crippen LogP contribution < -0.4 is 4.90 Å². The van der Waals surface area contributed by atoms with Gasteiger partial charge in [0.15, 0.2) is 0 Å². The molecule has 4 heteroatoms. The quantitative estimate of drug-likeness (QED) is 0.471. The van der Waals surface area contributed by atoms with E-state index < -0.39 is 0 Å². The molecule has 7 rings (SSSR count). The van der Waals surface area contributed by atoms with Crippen LogP contribution in [-0.2, 0) is 0 Å². The lowest BCUT2D eigenvalue weighted by Gasteiger charge is -2.41. The predicted octanol–water partition coefficient (Wildman–Crippen LogP) is 6.91. The van der Waals surface area contributed by atoms with Crippen LogP contribution in [0.5, 0.6) is 0 Å². The highest BCUT2D eigenvalue weighted by molar-refractivity contribution is 5.80. The van der Waals surface area contributed by atoms with Crippen LogP contribution in [0.25, 0.3) is 0 Å². The van der Waals surface area contributed by atoms with Gasteiger partial charge in [0.05, 0.1) is 35.0 Å². The van der Waals surface area contributed by atoms with Crippen LogP contribution in [0.1, 0.15) is 42.4 Å². The van der Waals surface area contributed by atoms with E-state index in [1.165, 1.54) is 22.5 Å². The van der Waals surface area contributed by atoms with Crippen LogP contribution in [0.3, 0.4) is 0 Å². The third kappa shape index (κ3) is 3.06. The molecule has 0 saturated carbocycles. The van der Waals surface area contributed by atoms with Gasteiger partial charge in [-0.2, -0.15) is 10.5 Å². The Morgan fingerprint density at radius 2 is 1.78 bits per heavy atom. The zero-order valence-electron chi connectivity index (χ0n) is 20.7. The summed E-state index contributed by atoms with van der Waals surface area (Å²) in [5.74, 6) is 0.561. The van der Waals surface area contributed by atoms with Crippen molar-refractivity contribution in [1.82, 2.24) is 4.90 Å². The Hall–Kier alpha value is -4.54. The molecule has 4 atom stereocenters. The highest BCUT2D eigenvalue weighted by Gasteiger charge is 2.48. The summed E-state index contributed by atoms with van der Waals surface area (Å²) in [7, 11) is 0. The normalized spacial score (nSPS) is 26.6. The smallest absolute Gasteiger partial charge is 0.101 e. The minimum Gasteiger partial charge on any atom is -0.335 e. The molecule has 0 fully saturated rings. The van der Waals surface area contributed by atoms with Gasteiger partial charge in [-0.05, 0) is 78.0 Å². The molecule has 0 aromatic heterocycles. The number of hydrogen-bond donors (Lipinski definition) is 0. The van der Waals surface area contributed by atoms with Gasteiger partial charge >= 0.3 is 0 Å². The van der Waals surface area contributed by atoms with Crippen molar-refractivity contribution in [3.05, 3.63) is 130 Å². The molecular weight excluding hydrogens is 452 g/mol. The lowest BCUT2D eigenvalue weighted by atomic mass is 9.84. The molecule has 0 saturated heterocycles. The van der Waals surface area contributed by atoms with Crippen LogP contribution in [0.2, 0.25) is 0 Å². The Labute approximate surface area is 217 Å². The van der Waals surface area contributed by atoms with E-state index in [0.717, 1.165) is 29.8 Å². The van der Waals surface area contributed by atoms with Gasteiger partial charge in [0.2, 0.25) is 0 Å². The largest absolute Gasteiger partial charge is 0.335 e. The minimum atomic E-state index is -0.0203. The first-order chi connectivity index (χ1) is 18.2. The van der Waals surface area contributed by atoms with Crippen LogP contribution in [0, 0.1) is 28.6 Å². The first kappa shape index (κ1) is 21.7. The maximum Gasteiger partial charge on any atom is 0.101 e. The number of fused-ring (bicyclic) bond motifs is 5. The third-order valence-electron chi connectivity index (χ3n) is 8.39. The Morgan fingerprint density at radius 3 is 2.65 bits per heavy atom. The van der Waals surface area contributed by atoms with E-state index in [0.29, 0.717) is 17.0 Å². The van der Waals surface area contributed by atoms with E-state index in [2.05, 4.69) is 83.5 Å². The number of benzene rings is 2. The van der Waals surface area contributed by atoms with Crippen LogP contribution >= 0.6 is 0 Å². The molecule has 37 heavy (non-hydrogen) atoms. The lowest BCUT2D eigenvalue weighted by molar-refractivity contribution is 0.352. The molecule has 0 spiro atoms. The molecule has 0 N–H and O–H groups in total. The van der Waals surface area contributed by atoms with E-state index in [-0.39, 0.29) is 18.0 Å². The number of allylic oxidation sites excluding steroid dienone is 6. The fourth-order valence-electron chi connectivity index (χ4n) is 6.87. The summed E-state index contributed by atoms with van der Waals surface area (Å²) < 4.78 is 0. The van der Waals surface area contributed by atoms with Crippen LogP contribution in [0.4, 0.5) is 11.4 Å². The van der Waals surface area contributed by atoms with E-state index in [1.54, 1.807) is 0 Å². The second kappa shape index (κ2) is 8.26. The summed E-state index contributed by atoms with van der Waals surface area (Å²) >= 11 is 0. The first-order valence-corrected chi connectivity index (χ1v) is 13.0. The second-order valence-corrected chi connectivity index (χ2v) is 10.3. The van der Waals surface area contributed by atoms with Gasteiger partial charge in [-0.1, -0.05) is 55.5 Å². The maximum atomic E-state index is 10.0. The van der Waals surface area contributed by atoms with Crippen molar-refractivity contribution < 1.29 is 0 Å². The van der Waals surface area contributed by atoms with E-state index in [1.807, 2.05) is 36.4 Å². The van der Waals surface area contributed by atoms with Crippen molar-refractivity contribution >= 4 is 11.4 Å². The minimum absolute atomic E-state index is 0.0203. The van der Waals surface area contributed by atoms with Crippen molar-refractivity contribution in [2.75, 3.05) is 4.90 Å². The zero-order valence-corrected chi connectivity index (χ0v) is 20.7. The molecule has 2 heterocycles. The highest BCUT2D eigenvalue weighted by Crippen LogP contribution is 2.54. The van der Waals surface area contributed by atoms with Crippen LogP contribution in [-0.4, -0.2) is 17.0 Å². The fourth-order valence-corrected chi connectivity index (χ4v) is 6.87. The SMILES string of the molecule is CC1CC=CC2=C1C1=CC=CCC1N2C1=CC=CC2c3cc(C#N)ccc3N(c3ccccc3C#N)C12.